The SMILES string of the molecule is O=C1CN(Cc2ccccc2O)C(C(F)(F)F)CN1. The van der Waals surface area contributed by atoms with E-state index in [-0.39, 0.29) is 18.8 Å². The van der Waals surface area contributed by atoms with Gasteiger partial charge in [-0.15, -0.1) is 0 Å². The number of amides is 1. The minimum Gasteiger partial charge on any atom is -0.508 e. The number of nitrogens with zero attached hydrogens (tertiary/aromatic N) is 1. The first-order chi connectivity index (χ1) is 8.88. The van der Waals surface area contributed by atoms with Crippen LogP contribution in [0.4, 0.5) is 13.2 Å². The van der Waals surface area contributed by atoms with Crippen LogP contribution in [0.15, 0.2) is 24.3 Å². The van der Waals surface area contributed by atoms with E-state index in [9.17, 15) is 23.1 Å². The first-order valence-electron chi connectivity index (χ1n) is 5.72. The fourth-order valence-electron chi connectivity index (χ4n) is 2.04. The molecular weight excluding hydrogens is 261 g/mol. The second-order valence-corrected chi connectivity index (χ2v) is 4.40. The molecule has 1 amide bonds. The molecule has 19 heavy (non-hydrogen) atoms. The number of halogens is 3. The van der Waals surface area contributed by atoms with Crippen molar-refractivity contribution in [3.8, 4) is 5.75 Å². The van der Waals surface area contributed by atoms with Gasteiger partial charge in [0.15, 0.2) is 0 Å². The maximum Gasteiger partial charge on any atom is 0.405 e. The third kappa shape index (κ3) is 3.17. The van der Waals surface area contributed by atoms with Gasteiger partial charge in [-0.05, 0) is 6.07 Å². The summed E-state index contributed by atoms with van der Waals surface area (Å²) in [5.41, 5.74) is 0.367. The van der Waals surface area contributed by atoms with Crippen LogP contribution in [0.25, 0.3) is 0 Å². The van der Waals surface area contributed by atoms with E-state index in [1.807, 2.05) is 0 Å². The normalized spacial score (nSPS) is 21.2. The fourth-order valence-corrected chi connectivity index (χ4v) is 2.04. The van der Waals surface area contributed by atoms with Gasteiger partial charge in [-0.2, -0.15) is 13.2 Å². The summed E-state index contributed by atoms with van der Waals surface area (Å²) in [6, 6.07) is 4.42. The Kier molecular flexibility index (Phi) is 3.66. The second-order valence-electron chi connectivity index (χ2n) is 4.40. The average molecular weight is 274 g/mol. The second kappa shape index (κ2) is 5.08. The molecular formula is C12H13F3N2O2. The Labute approximate surface area is 107 Å². The van der Waals surface area contributed by atoms with Crippen molar-refractivity contribution in [2.45, 2.75) is 18.8 Å². The molecule has 0 radical (unpaired) electrons. The van der Waals surface area contributed by atoms with E-state index in [0.717, 1.165) is 4.90 Å². The maximum atomic E-state index is 12.9. The molecule has 2 N–H and O–H groups in total. The number of phenols is 1. The van der Waals surface area contributed by atoms with E-state index in [1.54, 1.807) is 12.1 Å². The zero-order valence-electron chi connectivity index (χ0n) is 9.94. The average Bonchev–Trinajstić information content (AvgIpc) is 2.30. The van der Waals surface area contributed by atoms with Crippen molar-refractivity contribution in [1.29, 1.82) is 0 Å². The highest BCUT2D eigenvalue weighted by molar-refractivity contribution is 5.79. The zero-order valence-corrected chi connectivity index (χ0v) is 9.94. The van der Waals surface area contributed by atoms with Gasteiger partial charge in [-0.3, -0.25) is 9.69 Å². The lowest BCUT2D eigenvalue weighted by atomic mass is 10.1. The summed E-state index contributed by atoms with van der Waals surface area (Å²) in [6.07, 6.45) is -4.42. The van der Waals surface area contributed by atoms with Crippen LogP contribution >= 0.6 is 0 Å². The lowest BCUT2D eigenvalue weighted by molar-refractivity contribution is -0.190. The number of para-hydroxylation sites is 1. The summed E-state index contributed by atoms with van der Waals surface area (Å²) in [5, 5.41) is 11.8. The van der Waals surface area contributed by atoms with E-state index in [4.69, 9.17) is 0 Å². The van der Waals surface area contributed by atoms with Crippen LogP contribution in [0.2, 0.25) is 0 Å². The lowest BCUT2D eigenvalue weighted by Gasteiger charge is -2.36. The number of hydrogen-bond acceptors (Lipinski definition) is 3. The predicted molar refractivity (Wildman–Crippen MR) is 61.4 cm³/mol. The van der Waals surface area contributed by atoms with Crippen molar-refractivity contribution < 1.29 is 23.1 Å². The summed E-state index contributed by atoms with van der Waals surface area (Å²) in [7, 11) is 0. The number of hydrogen-bond donors (Lipinski definition) is 2. The van der Waals surface area contributed by atoms with Crippen LogP contribution in [0, 0.1) is 0 Å². The van der Waals surface area contributed by atoms with Crippen LogP contribution < -0.4 is 5.32 Å². The highest BCUT2D eigenvalue weighted by atomic mass is 19.4. The highest BCUT2D eigenvalue weighted by Crippen LogP contribution is 2.28. The molecule has 1 heterocycles. The van der Waals surface area contributed by atoms with E-state index in [0.29, 0.717) is 5.56 Å². The van der Waals surface area contributed by atoms with Gasteiger partial charge in [0, 0.05) is 18.7 Å². The molecule has 4 nitrogen and oxygen atoms in total. The van der Waals surface area contributed by atoms with Crippen molar-refractivity contribution in [1.82, 2.24) is 10.2 Å². The number of rotatable bonds is 2. The van der Waals surface area contributed by atoms with Crippen molar-refractivity contribution in [3.05, 3.63) is 29.8 Å². The predicted octanol–water partition coefficient (Wildman–Crippen LogP) is 1.25. The zero-order chi connectivity index (χ0) is 14.0. The Morgan fingerprint density at radius 3 is 2.68 bits per heavy atom. The number of alkyl halides is 3. The molecule has 1 unspecified atom stereocenters. The Morgan fingerprint density at radius 1 is 1.37 bits per heavy atom. The molecule has 1 saturated heterocycles. The standard InChI is InChI=1S/C12H13F3N2O2/c13-12(14,15)10-5-16-11(19)7-17(10)6-8-3-1-2-4-9(8)18/h1-4,10,18H,5-7H2,(H,16,19). The lowest BCUT2D eigenvalue weighted by Crippen LogP contribution is -2.59. The van der Waals surface area contributed by atoms with Crippen molar-refractivity contribution >= 4 is 5.91 Å². The fraction of sp³-hybridized carbons (Fsp3) is 0.417. The molecule has 1 aliphatic heterocycles. The number of phenolic OH excluding ortho intramolecular Hbond substituents is 1. The first-order valence-corrected chi connectivity index (χ1v) is 5.72. The number of carbonyl (C=O) groups excluding carboxylic acids is 1. The molecule has 0 bridgehead atoms. The Morgan fingerprint density at radius 2 is 2.05 bits per heavy atom. The molecule has 0 spiro atoms. The first kappa shape index (κ1) is 13.7. The number of nitrogens with one attached hydrogen (secondary N) is 1. The molecule has 1 fully saturated rings. The van der Waals surface area contributed by atoms with Gasteiger partial charge >= 0.3 is 6.18 Å². The summed E-state index contributed by atoms with van der Waals surface area (Å²) in [5.74, 6) is -0.523. The molecule has 2 rings (SSSR count). The number of piperazine rings is 1. The van der Waals surface area contributed by atoms with Gasteiger partial charge < -0.3 is 10.4 Å². The monoisotopic (exact) mass is 274 g/mol. The van der Waals surface area contributed by atoms with Gasteiger partial charge in [0.2, 0.25) is 5.91 Å². The van der Waals surface area contributed by atoms with Crippen molar-refractivity contribution in [2.75, 3.05) is 13.1 Å². The van der Waals surface area contributed by atoms with Crippen LogP contribution in [0.3, 0.4) is 0 Å². The van der Waals surface area contributed by atoms with Gasteiger partial charge in [0.25, 0.3) is 0 Å². The number of carbonyl (C=O) groups is 1. The molecule has 7 heteroatoms. The molecule has 1 atom stereocenters. The van der Waals surface area contributed by atoms with Gasteiger partial charge in [-0.25, -0.2) is 0 Å². The molecule has 0 aromatic heterocycles. The third-order valence-electron chi connectivity index (χ3n) is 3.02. The largest absolute Gasteiger partial charge is 0.508 e. The smallest absolute Gasteiger partial charge is 0.405 e. The van der Waals surface area contributed by atoms with Gasteiger partial charge in [0.1, 0.15) is 11.8 Å². The maximum absolute atomic E-state index is 12.9. The number of benzene rings is 1. The topological polar surface area (TPSA) is 52.6 Å². The number of aromatic hydroxyl groups is 1. The highest BCUT2D eigenvalue weighted by Gasteiger charge is 2.46. The Balaban J connectivity index is 2.19. The molecule has 0 saturated carbocycles. The minimum absolute atomic E-state index is 0.0746. The third-order valence-corrected chi connectivity index (χ3v) is 3.02. The summed E-state index contributed by atoms with van der Waals surface area (Å²) >= 11 is 0. The van der Waals surface area contributed by atoms with Crippen LogP contribution in [0.5, 0.6) is 5.75 Å². The summed E-state index contributed by atoms with van der Waals surface area (Å²) in [4.78, 5) is 12.3. The van der Waals surface area contributed by atoms with E-state index < -0.39 is 24.7 Å². The van der Waals surface area contributed by atoms with Gasteiger partial charge in [-0.1, -0.05) is 18.2 Å². The molecule has 1 aromatic rings. The molecule has 1 aromatic carbocycles. The molecule has 1 aliphatic rings. The van der Waals surface area contributed by atoms with Crippen LogP contribution in [0.1, 0.15) is 5.56 Å². The summed E-state index contributed by atoms with van der Waals surface area (Å²) in [6.45, 7) is -0.918. The van der Waals surface area contributed by atoms with Gasteiger partial charge in [0.05, 0.1) is 6.54 Å². The summed E-state index contributed by atoms with van der Waals surface area (Å²) < 4.78 is 38.6. The quantitative estimate of drug-likeness (QED) is 0.853. The Bertz CT molecular complexity index is 476. The van der Waals surface area contributed by atoms with E-state index in [1.165, 1.54) is 12.1 Å². The van der Waals surface area contributed by atoms with Crippen molar-refractivity contribution in [2.24, 2.45) is 0 Å². The molecule has 104 valence electrons. The Hall–Kier alpha value is -1.76. The minimum atomic E-state index is -4.42. The van der Waals surface area contributed by atoms with E-state index in [2.05, 4.69) is 5.32 Å². The van der Waals surface area contributed by atoms with Crippen LogP contribution in [-0.2, 0) is 11.3 Å². The molecule has 0 aliphatic carbocycles. The van der Waals surface area contributed by atoms with Crippen LogP contribution in [-0.4, -0.2) is 41.2 Å². The van der Waals surface area contributed by atoms with E-state index >= 15 is 0 Å². The van der Waals surface area contributed by atoms with Crippen molar-refractivity contribution in [3.63, 3.8) is 0 Å².